The summed E-state index contributed by atoms with van der Waals surface area (Å²) in [6, 6.07) is 7.15. The van der Waals surface area contributed by atoms with Crippen LogP contribution in [0.25, 0.3) is 0 Å². The predicted molar refractivity (Wildman–Crippen MR) is 85.3 cm³/mol. The van der Waals surface area contributed by atoms with Crippen LogP contribution in [0.4, 0.5) is 37.7 Å². The fraction of sp³-hybridized carbons (Fsp3) is 0.176. The third kappa shape index (κ3) is 4.85. The van der Waals surface area contributed by atoms with Crippen LogP contribution in [-0.4, -0.2) is 5.91 Å². The van der Waals surface area contributed by atoms with Crippen molar-refractivity contribution in [3.63, 3.8) is 0 Å². The Kier molecular flexibility index (Phi) is 5.72. The van der Waals surface area contributed by atoms with Crippen LogP contribution in [0.2, 0.25) is 0 Å². The molecule has 0 aliphatic carbocycles. The van der Waals surface area contributed by atoms with Crippen molar-refractivity contribution in [3.8, 4) is 6.07 Å². The smallest absolute Gasteiger partial charge is 0.273 e. The maximum absolute atomic E-state index is 12.7. The summed E-state index contributed by atoms with van der Waals surface area (Å²) in [6.07, 6.45) is -9.23. The van der Waals surface area contributed by atoms with Gasteiger partial charge in [0.15, 0.2) is 0 Å². The summed E-state index contributed by atoms with van der Waals surface area (Å²) in [5.41, 5.74) is -2.72. The average Bonchev–Trinajstić information content (AvgIpc) is 2.60. The van der Waals surface area contributed by atoms with Crippen LogP contribution in [0.1, 0.15) is 23.6 Å². The Morgan fingerprint density at radius 2 is 1.50 bits per heavy atom. The lowest BCUT2D eigenvalue weighted by Crippen LogP contribution is -2.21. The lowest BCUT2D eigenvalue weighted by molar-refractivity contribution is -0.138. The number of benzene rings is 2. The lowest BCUT2D eigenvalue weighted by Gasteiger charge is -2.15. The van der Waals surface area contributed by atoms with E-state index in [1.807, 2.05) is 0 Å². The topological polar surface area (TPSA) is 68.8 Å². The summed E-state index contributed by atoms with van der Waals surface area (Å²) in [5, 5.41) is 16.8. The van der Waals surface area contributed by atoms with Crippen LogP contribution in [0.15, 0.2) is 52.8 Å². The van der Waals surface area contributed by atoms with Gasteiger partial charge in [-0.2, -0.15) is 36.6 Å². The highest BCUT2D eigenvalue weighted by Crippen LogP contribution is 2.33. The van der Waals surface area contributed by atoms with Crippen LogP contribution >= 0.6 is 0 Å². The third-order valence-electron chi connectivity index (χ3n) is 3.42. The monoisotopic (exact) mass is 400 g/mol. The minimum Gasteiger partial charge on any atom is -0.273 e. The first kappa shape index (κ1) is 20.9. The molecule has 11 heteroatoms. The van der Waals surface area contributed by atoms with Gasteiger partial charge in [0.1, 0.15) is 11.8 Å². The van der Waals surface area contributed by atoms with Crippen molar-refractivity contribution < 1.29 is 31.1 Å². The van der Waals surface area contributed by atoms with Crippen LogP contribution in [0, 0.1) is 11.3 Å². The van der Waals surface area contributed by atoms with Gasteiger partial charge >= 0.3 is 12.4 Å². The molecule has 28 heavy (non-hydrogen) atoms. The Morgan fingerprint density at radius 3 is 1.96 bits per heavy atom. The minimum absolute atomic E-state index is 0.0466. The van der Waals surface area contributed by atoms with Crippen molar-refractivity contribution in [1.29, 1.82) is 5.26 Å². The van der Waals surface area contributed by atoms with E-state index in [4.69, 9.17) is 5.26 Å². The molecule has 146 valence electrons. The van der Waals surface area contributed by atoms with E-state index in [-0.39, 0.29) is 11.4 Å². The zero-order valence-electron chi connectivity index (χ0n) is 14.0. The van der Waals surface area contributed by atoms with Gasteiger partial charge in [0.25, 0.3) is 0 Å². The number of anilines is 1. The second-order valence-corrected chi connectivity index (χ2v) is 5.41. The molecule has 0 saturated heterocycles. The van der Waals surface area contributed by atoms with E-state index in [0.29, 0.717) is 17.1 Å². The molecule has 1 amide bonds. The van der Waals surface area contributed by atoms with Gasteiger partial charge in [-0.15, -0.1) is 5.11 Å². The Balaban J connectivity index is 2.36. The first-order chi connectivity index (χ1) is 12.9. The van der Waals surface area contributed by atoms with Crippen molar-refractivity contribution in [2.45, 2.75) is 19.3 Å². The molecule has 2 aromatic carbocycles. The maximum atomic E-state index is 12.7. The van der Waals surface area contributed by atoms with Crippen LogP contribution < -0.4 is 5.01 Å². The number of nitrogens with zero attached hydrogens (tertiary/aromatic N) is 4. The predicted octanol–water partition coefficient (Wildman–Crippen LogP) is 5.65. The van der Waals surface area contributed by atoms with Crippen molar-refractivity contribution in [1.82, 2.24) is 0 Å². The summed E-state index contributed by atoms with van der Waals surface area (Å²) in [6.45, 7) is 1.06. The first-order valence-electron chi connectivity index (χ1n) is 7.44. The van der Waals surface area contributed by atoms with Gasteiger partial charge in [-0.1, -0.05) is 5.22 Å². The number of carbonyl (C=O) groups excluding carboxylic acids is 1. The molecule has 0 bridgehead atoms. The SMILES string of the molecule is CC(=O)N(N=Nc1ccc(C(F)(F)F)cc1C#N)c1ccc(C(F)(F)F)cc1. The van der Waals surface area contributed by atoms with Crippen LogP contribution in [0.5, 0.6) is 0 Å². The zero-order valence-corrected chi connectivity index (χ0v) is 14.0. The van der Waals surface area contributed by atoms with Crippen LogP contribution in [-0.2, 0) is 17.1 Å². The molecule has 0 aliphatic heterocycles. The number of amides is 1. The molecule has 5 nitrogen and oxygen atoms in total. The highest BCUT2D eigenvalue weighted by molar-refractivity contribution is 5.90. The van der Waals surface area contributed by atoms with Gasteiger partial charge in [-0.05, 0) is 42.5 Å². The third-order valence-corrected chi connectivity index (χ3v) is 3.42. The largest absolute Gasteiger partial charge is 0.416 e. The fourth-order valence-corrected chi connectivity index (χ4v) is 2.07. The Bertz CT molecular complexity index is 942. The number of alkyl halides is 6. The molecule has 0 unspecified atom stereocenters. The van der Waals surface area contributed by atoms with Crippen molar-refractivity contribution in [3.05, 3.63) is 59.2 Å². The van der Waals surface area contributed by atoms with Gasteiger partial charge in [0, 0.05) is 6.92 Å². The van der Waals surface area contributed by atoms with Crippen molar-refractivity contribution in [2.24, 2.45) is 10.3 Å². The molecule has 2 rings (SSSR count). The van der Waals surface area contributed by atoms with Gasteiger partial charge in [-0.3, -0.25) is 4.79 Å². The molecule has 0 spiro atoms. The molecule has 0 N–H and O–H groups in total. The van der Waals surface area contributed by atoms with E-state index in [2.05, 4.69) is 10.3 Å². The second-order valence-electron chi connectivity index (χ2n) is 5.41. The van der Waals surface area contributed by atoms with Gasteiger partial charge in [-0.25, -0.2) is 0 Å². The molecule has 0 heterocycles. The number of hydrogen-bond acceptors (Lipinski definition) is 4. The van der Waals surface area contributed by atoms with E-state index >= 15 is 0 Å². The lowest BCUT2D eigenvalue weighted by atomic mass is 10.1. The summed E-state index contributed by atoms with van der Waals surface area (Å²) in [5.74, 6) is -0.714. The first-order valence-corrected chi connectivity index (χ1v) is 7.44. The summed E-state index contributed by atoms with van der Waals surface area (Å²) < 4.78 is 75.9. The number of nitriles is 1. The molecule has 0 atom stereocenters. The summed E-state index contributed by atoms with van der Waals surface area (Å²) in [4.78, 5) is 11.7. The normalized spacial score (nSPS) is 12.1. The molecule has 0 aromatic heterocycles. The van der Waals surface area contributed by atoms with E-state index in [0.717, 1.165) is 37.3 Å². The van der Waals surface area contributed by atoms with Crippen molar-refractivity contribution in [2.75, 3.05) is 5.01 Å². The molecule has 0 fully saturated rings. The Morgan fingerprint density at radius 1 is 0.964 bits per heavy atom. The molecule has 2 aromatic rings. The highest BCUT2D eigenvalue weighted by Gasteiger charge is 2.31. The molecule has 0 saturated carbocycles. The standard InChI is InChI=1S/C17H10F6N4O/c1-10(28)27(14-5-2-12(3-6-14)16(18,19)20)26-25-15-7-4-13(17(21,22)23)8-11(15)9-24/h2-8H,1H3. The number of halogens is 6. The molecular weight excluding hydrogens is 390 g/mol. The van der Waals surface area contributed by atoms with E-state index in [9.17, 15) is 31.1 Å². The van der Waals surface area contributed by atoms with Crippen molar-refractivity contribution >= 4 is 17.3 Å². The summed E-state index contributed by atoms with van der Waals surface area (Å²) >= 11 is 0. The zero-order chi connectivity index (χ0) is 21.1. The summed E-state index contributed by atoms with van der Waals surface area (Å²) in [7, 11) is 0. The number of carbonyl (C=O) groups is 1. The van der Waals surface area contributed by atoms with Gasteiger partial charge in [0.2, 0.25) is 5.91 Å². The van der Waals surface area contributed by atoms with E-state index in [1.54, 1.807) is 6.07 Å². The van der Waals surface area contributed by atoms with Crippen LogP contribution in [0.3, 0.4) is 0 Å². The minimum atomic E-state index is -4.66. The van der Waals surface area contributed by atoms with E-state index < -0.39 is 35.0 Å². The fourth-order valence-electron chi connectivity index (χ4n) is 2.07. The second kappa shape index (κ2) is 7.67. The maximum Gasteiger partial charge on any atom is 0.416 e. The molecular formula is C17H10F6N4O. The van der Waals surface area contributed by atoms with E-state index in [1.165, 1.54) is 0 Å². The quantitative estimate of drug-likeness (QED) is 0.380. The average molecular weight is 400 g/mol. The molecule has 0 aliphatic rings. The number of rotatable bonds is 3. The van der Waals surface area contributed by atoms with Gasteiger partial charge in [0.05, 0.1) is 22.4 Å². The van der Waals surface area contributed by atoms with Gasteiger partial charge < -0.3 is 0 Å². The highest BCUT2D eigenvalue weighted by atomic mass is 19.4. The molecule has 0 radical (unpaired) electrons. The Labute approximate surface area is 154 Å². The Hall–Kier alpha value is -3.42. The number of hydrogen-bond donors (Lipinski definition) is 0.